The monoisotopic (exact) mass is 483 g/mol. The molecule has 34 heavy (non-hydrogen) atoms. The molecule has 1 fully saturated rings. The van der Waals surface area contributed by atoms with Crippen LogP contribution in [0.3, 0.4) is 0 Å². The molecule has 1 N–H and O–H groups in total. The molecule has 4 rings (SSSR count). The van der Waals surface area contributed by atoms with Crippen molar-refractivity contribution in [2.75, 3.05) is 29.8 Å². The molecule has 1 atom stereocenters. The first-order valence-electron chi connectivity index (χ1n) is 11.4. The van der Waals surface area contributed by atoms with E-state index in [4.69, 9.17) is 0 Å². The molecule has 1 aliphatic heterocycles. The lowest BCUT2D eigenvalue weighted by molar-refractivity contribution is 0.161. The highest BCUT2D eigenvalue weighted by molar-refractivity contribution is 7.92. The molecule has 7 nitrogen and oxygen atoms in total. The van der Waals surface area contributed by atoms with E-state index in [2.05, 4.69) is 55.7 Å². The Morgan fingerprint density at radius 2 is 1.82 bits per heavy atom. The Kier molecular flexibility index (Phi) is 7.13. The number of hydrogen-bond donors (Lipinski definition) is 1. The fraction of sp³-hybridized carbons (Fsp3) is 0.360. The van der Waals surface area contributed by atoms with E-state index in [0.717, 1.165) is 43.4 Å². The highest BCUT2D eigenvalue weighted by atomic mass is 32.2. The summed E-state index contributed by atoms with van der Waals surface area (Å²) in [6.07, 6.45) is 3.34. The summed E-state index contributed by atoms with van der Waals surface area (Å²) in [5, 5.41) is 0. The summed E-state index contributed by atoms with van der Waals surface area (Å²) < 4.78 is 41.1. The van der Waals surface area contributed by atoms with Crippen LogP contribution < -0.4 is 9.62 Å². The van der Waals surface area contributed by atoms with Crippen molar-refractivity contribution in [3.8, 4) is 0 Å². The molecule has 180 valence electrons. The van der Waals surface area contributed by atoms with Crippen molar-refractivity contribution < 1.29 is 12.8 Å². The number of rotatable bonds is 7. The third-order valence-electron chi connectivity index (χ3n) is 6.50. The molecule has 3 aromatic rings. The smallest absolute Gasteiger partial charge is 0.264 e. The molecule has 1 unspecified atom stereocenters. The average Bonchev–Trinajstić information content (AvgIpc) is 2.83. The number of aromatic nitrogens is 2. The van der Waals surface area contributed by atoms with Gasteiger partial charge < -0.3 is 4.90 Å². The molecule has 9 heteroatoms. The predicted octanol–water partition coefficient (Wildman–Crippen LogP) is 4.39. The number of nitrogens with one attached hydrogen (secondary N) is 1. The van der Waals surface area contributed by atoms with Gasteiger partial charge in [-0.3, -0.25) is 9.62 Å². The van der Waals surface area contributed by atoms with E-state index < -0.39 is 16.0 Å². The van der Waals surface area contributed by atoms with Crippen molar-refractivity contribution in [3.63, 3.8) is 0 Å². The molecule has 1 saturated heterocycles. The van der Waals surface area contributed by atoms with Crippen LogP contribution in [0.15, 0.2) is 65.7 Å². The van der Waals surface area contributed by atoms with Crippen LogP contribution in [0.2, 0.25) is 0 Å². The number of nitrogens with zero attached hydrogens (tertiary/aromatic N) is 4. The Morgan fingerprint density at radius 1 is 1.12 bits per heavy atom. The van der Waals surface area contributed by atoms with Crippen molar-refractivity contribution in [1.82, 2.24) is 14.9 Å². The number of aryl methyl sites for hydroxylation is 1. The molecule has 0 radical (unpaired) electrons. The second-order valence-electron chi connectivity index (χ2n) is 8.73. The summed E-state index contributed by atoms with van der Waals surface area (Å²) in [6.45, 7) is 6.07. The number of benzene rings is 1. The number of piperidine rings is 1. The number of pyridine rings is 2. The first-order valence-corrected chi connectivity index (χ1v) is 12.9. The summed E-state index contributed by atoms with van der Waals surface area (Å²) in [5.41, 5.74) is 2.09. The molecule has 2 aromatic heterocycles. The van der Waals surface area contributed by atoms with Gasteiger partial charge in [-0.15, -0.1) is 0 Å². The summed E-state index contributed by atoms with van der Waals surface area (Å²) in [7, 11) is -1.92. The second kappa shape index (κ2) is 10.1. The Labute approximate surface area is 200 Å². The van der Waals surface area contributed by atoms with Gasteiger partial charge >= 0.3 is 0 Å². The lowest BCUT2D eigenvalue weighted by Gasteiger charge is -2.40. The molecule has 0 bridgehead atoms. The zero-order valence-corrected chi connectivity index (χ0v) is 20.5. The first-order chi connectivity index (χ1) is 16.2. The van der Waals surface area contributed by atoms with Crippen LogP contribution in [-0.2, 0) is 10.0 Å². The molecule has 0 aliphatic carbocycles. The molecule has 0 saturated carbocycles. The second-order valence-corrected chi connectivity index (χ2v) is 10.4. The third-order valence-corrected chi connectivity index (χ3v) is 7.82. The molecular formula is C25H30FN5O2S. The average molecular weight is 484 g/mol. The van der Waals surface area contributed by atoms with E-state index in [1.54, 1.807) is 6.07 Å². The topological polar surface area (TPSA) is 78.4 Å². The minimum Gasteiger partial charge on any atom is -0.356 e. The quantitative estimate of drug-likeness (QED) is 0.503. The predicted molar refractivity (Wildman–Crippen MR) is 132 cm³/mol. The van der Waals surface area contributed by atoms with E-state index in [9.17, 15) is 12.8 Å². The minimum absolute atomic E-state index is 0.0136. The fourth-order valence-corrected chi connectivity index (χ4v) is 5.53. The third kappa shape index (κ3) is 5.37. The number of anilines is 2. The maximum atomic E-state index is 13.3. The summed E-state index contributed by atoms with van der Waals surface area (Å²) >= 11 is 0. The summed E-state index contributed by atoms with van der Waals surface area (Å²) in [4.78, 5) is 12.7. The van der Waals surface area contributed by atoms with Crippen LogP contribution in [0.1, 0.15) is 36.9 Å². The van der Waals surface area contributed by atoms with E-state index in [-0.39, 0.29) is 10.7 Å². The van der Waals surface area contributed by atoms with Crippen LogP contribution in [0.5, 0.6) is 0 Å². The van der Waals surface area contributed by atoms with Crippen LogP contribution >= 0.6 is 0 Å². The number of likely N-dealkylation sites (tertiary alicyclic amines) is 1. The Hall–Kier alpha value is -3.04. The lowest BCUT2D eigenvalue weighted by Crippen LogP contribution is -2.44. The number of halogens is 1. The van der Waals surface area contributed by atoms with Gasteiger partial charge in [0.1, 0.15) is 16.5 Å². The molecule has 1 aliphatic rings. The highest BCUT2D eigenvalue weighted by Crippen LogP contribution is 2.29. The fourth-order valence-electron chi connectivity index (χ4n) is 4.50. The normalized spacial score (nSPS) is 16.2. The zero-order chi connectivity index (χ0) is 24.3. The van der Waals surface area contributed by atoms with Crippen molar-refractivity contribution in [3.05, 3.63) is 77.9 Å². The zero-order valence-electron chi connectivity index (χ0n) is 19.6. The van der Waals surface area contributed by atoms with E-state index in [1.807, 2.05) is 20.0 Å². The largest absolute Gasteiger partial charge is 0.356 e. The van der Waals surface area contributed by atoms with Gasteiger partial charge in [-0.1, -0.05) is 36.4 Å². The van der Waals surface area contributed by atoms with Gasteiger partial charge in [0.05, 0.1) is 0 Å². The van der Waals surface area contributed by atoms with Gasteiger partial charge in [-0.05, 0) is 56.0 Å². The number of sulfonamides is 1. The molecular weight excluding hydrogens is 453 g/mol. The SMILES string of the molecule is Cc1cc(S(=O)(=O)Nc2cccc(F)n2)cnc1N(C)C1CCN(C(C)c2ccccc2)CC1. The van der Waals surface area contributed by atoms with Gasteiger partial charge in [0.25, 0.3) is 10.0 Å². The van der Waals surface area contributed by atoms with Gasteiger partial charge in [-0.25, -0.2) is 18.4 Å². The number of hydrogen-bond acceptors (Lipinski definition) is 6. The van der Waals surface area contributed by atoms with Crippen molar-refractivity contribution >= 4 is 21.7 Å². The standard InChI is InChI=1S/C25H30FN5O2S/c1-18-16-22(34(32,33)29-24-11-7-10-23(26)28-24)17-27-25(18)30(3)21-12-14-31(15-13-21)19(2)20-8-5-4-6-9-20/h4-11,16-17,19,21H,12-15H2,1-3H3,(H,28,29). The van der Waals surface area contributed by atoms with Gasteiger partial charge in [0.2, 0.25) is 5.95 Å². The first kappa shape index (κ1) is 24.1. The maximum Gasteiger partial charge on any atom is 0.264 e. The summed E-state index contributed by atoms with van der Waals surface area (Å²) in [5.74, 6) is -0.0663. The molecule has 0 amide bonds. The van der Waals surface area contributed by atoms with E-state index in [1.165, 1.54) is 23.9 Å². The van der Waals surface area contributed by atoms with E-state index >= 15 is 0 Å². The van der Waals surface area contributed by atoms with Crippen LogP contribution in [0, 0.1) is 12.9 Å². The highest BCUT2D eigenvalue weighted by Gasteiger charge is 2.27. The van der Waals surface area contributed by atoms with Gasteiger partial charge in [0, 0.05) is 38.4 Å². The molecule has 3 heterocycles. The Bertz CT molecular complexity index is 1230. The minimum atomic E-state index is -3.93. The lowest BCUT2D eigenvalue weighted by atomic mass is 9.99. The maximum absolute atomic E-state index is 13.3. The Balaban J connectivity index is 1.42. The molecule has 1 aromatic carbocycles. The van der Waals surface area contributed by atoms with Gasteiger partial charge in [-0.2, -0.15) is 4.39 Å². The van der Waals surface area contributed by atoms with Gasteiger partial charge in [0.15, 0.2) is 0 Å². The summed E-state index contributed by atoms with van der Waals surface area (Å²) in [6, 6.07) is 16.8. The van der Waals surface area contributed by atoms with Crippen LogP contribution in [0.4, 0.5) is 16.0 Å². The van der Waals surface area contributed by atoms with Crippen molar-refractivity contribution in [1.29, 1.82) is 0 Å². The van der Waals surface area contributed by atoms with E-state index in [0.29, 0.717) is 12.1 Å². The molecule has 0 spiro atoms. The Morgan fingerprint density at radius 3 is 2.47 bits per heavy atom. The van der Waals surface area contributed by atoms with Crippen molar-refractivity contribution in [2.24, 2.45) is 0 Å². The van der Waals surface area contributed by atoms with Crippen LogP contribution in [-0.4, -0.2) is 49.5 Å². The van der Waals surface area contributed by atoms with Crippen LogP contribution in [0.25, 0.3) is 0 Å². The van der Waals surface area contributed by atoms with Crippen molar-refractivity contribution in [2.45, 2.75) is 43.7 Å².